The van der Waals surface area contributed by atoms with Crippen molar-refractivity contribution in [3.05, 3.63) is 48.3 Å². The molecule has 0 spiro atoms. The summed E-state index contributed by atoms with van der Waals surface area (Å²) in [6.07, 6.45) is 6.78. The van der Waals surface area contributed by atoms with E-state index in [0.717, 1.165) is 25.7 Å². The van der Waals surface area contributed by atoms with Crippen molar-refractivity contribution in [1.29, 1.82) is 0 Å². The van der Waals surface area contributed by atoms with Gasteiger partial charge in [0.25, 0.3) is 0 Å². The summed E-state index contributed by atoms with van der Waals surface area (Å²) in [5, 5.41) is 14.4. The van der Waals surface area contributed by atoms with E-state index in [4.69, 9.17) is 0 Å². The van der Waals surface area contributed by atoms with Crippen LogP contribution in [0.1, 0.15) is 51.0 Å². The second kappa shape index (κ2) is 12.6. The predicted octanol–water partition coefficient (Wildman–Crippen LogP) is 2.97. The van der Waals surface area contributed by atoms with Crippen LogP contribution < -0.4 is 10.6 Å². The van der Waals surface area contributed by atoms with Gasteiger partial charge in [0.15, 0.2) is 0 Å². The number of halogens is 1. The van der Waals surface area contributed by atoms with Crippen molar-refractivity contribution in [3.8, 4) is 0 Å². The van der Waals surface area contributed by atoms with Crippen LogP contribution in [0.4, 0.5) is 4.39 Å². The lowest BCUT2D eigenvalue weighted by Gasteiger charge is -2.21. The van der Waals surface area contributed by atoms with Crippen LogP contribution in [-0.4, -0.2) is 35.0 Å². The maximum atomic E-state index is 13.1. The van der Waals surface area contributed by atoms with Gasteiger partial charge in [-0.3, -0.25) is 9.59 Å². The summed E-state index contributed by atoms with van der Waals surface area (Å²) in [6.45, 7) is 4.94. The number of nitrogens with one attached hydrogen (secondary N) is 2. The lowest BCUT2D eigenvalue weighted by atomic mass is 10.0. The molecule has 0 fully saturated rings. The minimum Gasteiger partial charge on any atom is -0.480 e. The second-order valence-corrected chi connectivity index (χ2v) is 6.76. The van der Waals surface area contributed by atoms with Crippen LogP contribution in [0.5, 0.6) is 0 Å². The number of carboxylic acids is 1. The third-order valence-corrected chi connectivity index (χ3v) is 4.31. The van der Waals surface area contributed by atoms with Crippen LogP contribution in [0.3, 0.4) is 0 Å². The number of unbranched alkanes of at least 4 members (excludes halogenated alkanes) is 4. The highest BCUT2D eigenvalue weighted by atomic mass is 19.1. The van der Waals surface area contributed by atoms with Crippen molar-refractivity contribution in [2.45, 2.75) is 64.0 Å². The molecule has 1 rings (SSSR count). The summed E-state index contributed by atoms with van der Waals surface area (Å²) in [6, 6.07) is 3.63. The zero-order valence-electron chi connectivity index (χ0n) is 16.2. The van der Waals surface area contributed by atoms with Gasteiger partial charge in [0.2, 0.25) is 11.8 Å². The maximum absolute atomic E-state index is 13.1. The molecular weight excluding hydrogens is 363 g/mol. The molecule has 0 saturated carbocycles. The van der Waals surface area contributed by atoms with E-state index in [0.29, 0.717) is 18.4 Å². The van der Waals surface area contributed by atoms with Gasteiger partial charge in [-0.25, -0.2) is 9.18 Å². The van der Waals surface area contributed by atoms with Crippen molar-refractivity contribution in [2.75, 3.05) is 0 Å². The molecule has 0 aliphatic rings. The number of carboxylic acid groups (broad SMARTS) is 1. The quantitative estimate of drug-likeness (QED) is 0.355. The Morgan fingerprint density at radius 3 is 2.29 bits per heavy atom. The molecule has 0 heterocycles. The van der Waals surface area contributed by atoms with Crippen molar-refractivity contribution < 1.29 is 23.9 Å². The van der Waals surface area contributed by atoms with Crippen LogP contribution >= 0.6 is 0 Å². The number of rotatable bonds is 13. The van der Waals surface area contributed by atoms with Crippen LogP contribution in [0.25, 0.3) is 0 Å². The Labute approximate surface area is 165 Å². The molecule has 1 aromatic carbocycles. The maximum Gasteiger partial charge on any atom is 0.326 e. The minimum absolute atomic E-state index is 0.138. The third-order valence-electron chi connectivity index (χ3n) is 4.31. The fourth-order valence-corrected chi connectivity index (χ4v) is 2.83. The van der Waals surface area contributed by atoms with E-state index in [2.05, 4.69) is 17.2 Å². The third kappa shape index (κ3) is 9.30. The van der Waals surface area contributed by atoms with Gasteiger partial charge in [0.05, 0.1) is 0 Å². The lowest BCUT2D eigenvalue weighted by molar-refractivity contribution is -0.142. The highest BCUT2D eigenvalue weighted by Crippen LogP contribution is 2.10. The molecule has 2 amide bonds. The summed E-state index contributed by atoms with van der Waals surface area (Å²) in [5.41, 5.74) is 0.657. The number of carbonyl (C=O) groups is 3. The minimum atomic E-state index is -1.11. The Morgan fingerprint density at radius 1 is 1.07 bits per heavy atom. The Kier molecular flexibility index (Phi) is 10.5. The van der Waals surface area contributed by atoms with Gasteiger partial charge in [-0.15, -0.1) is 6.58 Å². The first-order valence-corrected chi connectivity index (χ1v) is 9.49. The molecule has 154 valence electrons. The van der Waals surface area contributed by atoms with E-state index in [1.165, 1.54) is 31.2 Å². The van der Waals surface area contributed by atoms with Crippen LogP contribution in [0, 0.1) is 5.82 Å². The normalized spacial score (nSPS) is 12.6. The summed E-state index contributed by atoms with van der Waals surface area (Å²) in [5.74, 6) is -2.49. The average molecular weight is 392 g/mol. The molecule has 3 N–H and O–H groups in total. The summed E-state index contributed by atoms with van der Waals surface area (Å²) >= 11 is 0. The van der Waals surface area contributed by atoms with E-state index in [9.17, 15) is 23.9 Å². The summed E-state index contributed by atoms with van der Waals surface area (Å²) in [4.78, 5) is 35.5. The number of aliphatic carboxylic acids is 1. The van der Waals surface area contributed by atoms with Gasteiger partial charge in [-0.1, -0.05) is 37.5 Å². The Hall–Kier alpha value is -2.70. The predicted molar refractivity (Wildman–Crippen MR) is 105 cm³/mol. The number of carbonyl (C=O) groups excluding carboxylic acids is 2. The van der Waals surface area contributed by atoms with Gasteiger partial charge < -0.3 is 15.7 Å². The van der Waals surface area contributed by atoms with Crippen LogP contribution in [0.15, 0.2) is 36.9 Å². The molecule has 7 heteroatoms. The van der Waals surface area contributed by atoms with Gasteiger partial charge in [-0.2, -0.15) is 0 Å². The highest BCUT2D eigenvalue weighted by molar-refractivity contribution is 5.90. The molecule has 1 aromatic rings. The molecule has 28 heavy (non-hydrogen) atoms. The van der Waals surface area contributed by atoms with Crippen molar-refractivity contribution in [3.63, 3.8) is 0 Å². The van der Waals surface area contributed by atoms with Crippen LogP contribution in [-0.2, 0) is 20.8 Å². The first kappa shape index (κ1) is 23.3. The zero-order chi connectivity index (χ0) is 20.9. The number of hydrogen-bond donors (Lipinski definition) is 3. The van der Waals surface area contributed by atoms with Gasteiger partial charge >= 0.3 is 5.97 Å². The molecule has 6 nitrogen and oxygen atoms in total. The van der Waals surface area contributed by atoms with Gasteiger partial charge in [0, 0.05) is 13.3 Å². The monoisotopic (exact) mass is 392 g/mol. The fraction of sp³-hybridized carbons (Fsp3) is 0.476. The molecule has 0 aromatic heterocycles. The van der Waals surface area contributed by atoms with E-state index < -0.39 is 35.7 Å². The SMILES string of the molecule is C=CCCCCCC[C@@H](NC(=O)[C@@H](Cc1ccc(F)cc1)NC(C)=O)C(=O)O. The van der Waals surface area contributed by atoms with E-state index in [-0.39, 0.29) is 6.42 Å². The van der Waals surface area contributed by atoms with Crippen LogP contribution in [0.2, 0.25) is 0 Å². The first-order valence-electron chi connectivity index (χ1n) is 9.49. The molecule has 2 atom stereocenters. The number of hydrogen-bond acceptors (Lipinski definition) is 3. The lowest BCUT2D eigenvalue weighted by Crippen LogP contribution is -2.52. The zero-order valence-corrected chi connectivity index (χ0v) is 16.2. The number of allylic oxidation sites excluding steroid dienone is 1. The summed E-state index contributed by atoms with van der Waals surface area (Å²) in [7, 11) is 0. The average Bonchev–Trinajstić information content (AvgIpc) is 2.64. The van der Waals surface area contributed by atoms with E-state index >= 15 is 0 Å². The van der Waals surface area contributed by atoms with E-state index in [1.54, 1.807) is 0 Å². The number of amides is 2. The van der Waals surface area contributed by atoms with E-state index in [1.807, 2.05) is 6.08 Å². The fourth-order valence-electron chi connectivity index (χ4n) is 2.83. The molecule has 0 saturated heterocycles. The van der Waals surface area contributed by atoms with Gasteiger partial charge in [0.1, 0.15) is 17.9 Å². The largest absolute Gasteiger partial charge is 0.480 e. The van der Waals surface area contributed by atoms with Crippen molar-refractivity contribution in [2.24, 2.45) is 0 Å². The highest BCUT2D eigenvalue weighted by Gasteiger charge is 2.25. The first-order chi connectivity index (χ1) is 13.3. The smallest absolute Gasteiger partial charge is 0.326 e. The number of benzene rings is 1. The topological polar surface area (TPSA) is 95.5 Å². The molecule has 0 radical (unpaired) electrons. The molecule has 0 bridgehead atoms. The standard InChI is InChI=1S/C21H29FN2O4/c1-3-4-5-6-7-8-9-18(21(27)28)24-20(26)19(23-15(2)25)14-16-10-12-17(22)13-11-16/h3,10-13,18-19H,1,4-9,14H2,2H3,(H,23,25)(H,24,26)(H,27,28)/t18-,19-/m1/s1. The van der Waals surface area contributed by atoms with Crippen molar-refractivity contribution >= 4 is 17.8 Å². The molecule has 0 aliphatic heterocycles. The Bertz CT molecular complexity index is 661. The molecule has 0 unspecified atom stereocenters. The molecule has 0 aliphatic carbocycles. The van der Waals surface area contributed by atoms with Crippen molar-refractivity contribution in [1.82, 2.24) is 10.6 Å². The molecular formula is C21H29FN2O4. The Balaban J connectivity index is 2.65. The Morgan fingerprint density at radius 2 is 1.71 bits per heavy atom. The van der Waals surface area contributed by atoms with Gasteiger partial charge in [-0.05, 0) is 37.0 Å². The summed E-state index contributed by atoms with van der Waals surface area (Å²) < 4.78 is 13.1. The second-order valence-electron chi connectivity index (χ2n) is 6.76.